The van der Waals surface area contributed by atoms with Gasteiger partial charge in [0.2, 0.25) is 0 Å². The molecule has 1 aromatic rings. The number of hydrogen-bond acceptors (Lipinski definition) is 2. The Bertz CT molecular complexity index is 374. The summed E-state index contributed by atoms with van der Waals surface area (Å²) < 4.78 is 4.95. The summed E-state index contributed by atoms with van der Waals surface area (Å²) in [5.41, 5.74) is 0. The molecule has 0 radical (unpaired) electrons. The van der Waals surface area contributed by atoms with Crippen LogP contribution in [0.2, 0.25) is 10.0 Å². The van der Waals surface area contributed by atoms with E-state index in [9.17, 15) is 4.79 Å². The molecule has 0 aromatic heterocycles. The van der Waals surface area contributed by atoms with Crippen LogP contribution in [0.4, 0.5) is 0 Å². The van der Waals surface area contributed by atoms with Crippen molar-refractivity contribution in [2.24, 2.45) is 0 Å². The molecule has 0 unspecified atom stereocenters. The minimum Gasteiger partial charge on any atom is -0.478 e. The first-order valence-corrected chi connectivity index (χ1v) is 4.36. The number of carboxylic acid groups (broad SMARTS) is 1. The lowest BCUT2D eigenvalue weighted by atomic mass is 10.3. The van der Waals surface area contributed by atoms with Gasteiger partial charge in [-0.05, 0) is 18.2 Å². The van der Waals surface area contributed by atoms with E-state index in [-0.39, 0.29) is 0 Å². The van der Waals surface area contributed by atoms with Crippen molar-refractivity contribution in [3.8, 4) is 5.75 Å². The monoisotopic (exact) mass is 232 g/mol. The van der Waals surface area contributed by atoms with Crippen LogP contribution in [0.15, 0.2) is 30.5 Å². The van der Waals surface area contributed by atoms with Crippen molar-refractivity contribution in [3.05, 3.63) is 40.6 Å². The molecule has 0 fully saturated rings. The molecule has 0 heterocycles. The van der Waals surface area contributed by atoms with Gasteiger partial charge in [0, 0.05) is 5.02 Å². The Balaban J connectivity index is 2.73. The molecule has 1 rings (SSSR count). The van der Waals surface area contributed by atoms with Crippen molar-refractivity contribution in [1.29, 1.82) is 0 Å². The normalized spacial score (nSPS) is 10.4. The molecule has 5 heteroatoms. The first-order chi connectivity index (χ1) is 6.59. The molecule has 14 heavy (non-hydrogen) atoms. The van der Waals surface area contributed by atoms with Crippen molar-refractivity contribution < 1.29 is 14.6 Å². The third-order valence-electron chi connectivity index (χ3n) is 1.30. The standard InChI is InChI=1S/C9H6Cl2O3/c10-6-1-2-8(7(11)5-6)14-4-3-9(12)13/h1-5H,(H,12,13). The van der Waals surface area contributed by atoms with Crippen LogP contribution in [0.5, 0.6) is 5.75 Å². The van der Waals surface area contributed by atoms with E-state index in [2.05, 4.69) is 0 Å². The van der Waals surface area contributed by atoms with Gasteiger partial charge in [-0.15, -0.1) is 0 Å². The van der Waals surface area contributed by atoms with Crippen LogP contribution in [-0.4, -0.2) is 11.1 Å². The number of hydrogen-bond donors (Lipinski definition) is 1. The molecule has 0 aliphatic carbocycles. The summed E-state index contributed by atoms with van der Waals surface area (Å²) in [4.78, 5) is 10.1. The Morgan fingerprint density at radius 3 is 2.71 bits per heavy atom. The predicted molar refractivity (Wildman–Crippen MR) is 53.9 cm³/mol. The zero-order chi connectivity index (χ0) is 10.6. The first kappa shape index (κ1) is 10.9. The van der Waals surface area contributed by atoms with Crippen molar-refractivity contribution >= 4 is 29.2 Å². The molecular formula is C9H6Cl2O3. The Morgan fingerprint density at radius 2 is 2.14 bits per heavy atom. The van der Waals surface area contributed by atoms with Crippen LogP contribution in [-0.2, 0) is 4.79 Å². The molecule has 0 saturated heterocycles. The molecule has 0 amide bonds. The maximum absolute atomic E-state index is 10.1. The van der Waals surface area contributed by atoms with Gasteiger partial charge in [-0.3, -0.25) is 0 Å². The number of benzene rings is 1. The summed E-state index contributed by atoms with van der Waals surface area (Å²) in [7, 11) is 0. The summed E-state index contributed by atoms with van der Waals surface area (Å²) in [6, 6.07) is 4.65. The van der Waals surface area contributed by atoms with E-state index in [1.54, 1.807) is 12.1 Å². The second kappa shape index (κ2) is 4.88. The third-order valence-corrected chi connectivity index (χ3v) is 1.83. The van der Waals surface area contributed by atoms with Crippen molar-refractivity contribution in [2.45, 2.75) is 0 Å². The second-order valence-corrected chi connectivity index (χ2v) is 3.18. The highest BCUT2D eigenvalue weighted by Gasteiger charge is 2.00. The molecule has 1 N–H and O–H groups in total. The molecule has 0 saturated carbocycles. The quantitative estimate of drug-likeness (QED) is 0.644. The predicted octanol–water partition coefficient (Wildman–Crippen LogP) is 2.97. The molecule has 0 aliphatic heterocycles. The molecule has 1 aromatic carbocycles. The van der Waals surface area contributed by atoms with E-state index in [4.69, 9.17) is 33.0 Å². The number of halogens is 2. The Labute approximate surface area is 90.5 Å². The Hall–Kier alpha value is -1.19. The largest absolute Gasteiger partial charge is 0.478 e. The Morgan fingerprint density at radius 1 is 1.43 bits per heavy atom. The fraction of sp³-hybridized carbons (Fsp3) is 0. The zero-order valence-corrected chi connectivity index (χ0v) is 8.42. The van der Waals surface area contributed by atoms with Gasteiger partial charge in [0.15, 0.2) is 0 Å². The Kier molecular flexibility index (Phi) is 3.80. The van der Waals surface area contributed by atoms with Gasteiger partial charge in [0.1, 0.15) is 5.75 Å². The molecular weight excluding hydrogens is 227 g/mol. The van der Waals surface area contributed by atoms with E-state index in [1.165, 1.54) is 6.07 Å². The summed E-state index contributed by atoms with van der Waals surface area (Å²) >= 11 is 11.4. The molecule has 0 atom stereocenters. The lowest BCUT2D eigenvalue weighted by molar-refractivity contribution is -0.131. The SMILES string of the molecule is O=C(O)C=COc1ccc(Cl)cc1Cl. The first-order valence-electron chi connectivity index (χ1n) is 3.61. The van der Waals surface area contributed by atoms with E-state index in [1.807, 2.05) is 0 Å². The van der Waals surface area contributed by atoms with Crippen LogP contribution >= 0.6 is 23.2 Å². The van der Waals surface area contributed by atoms with Gasteiger partial charge in [-0.25, -0.2) is 4.79 Å². The zero-order valence-electron chi connectivity index (χ0n) is 6.91. The average Bonchev–Trinajstić information content (AvgIpc) is 2.08. The van der Waals surface area contributed by atoms with Gasteiger partial charge >= 0.3 is 5.97 Å². The van der Waals surface area contributed by atoms with E-state index >= 15 is 0 Å². The highest BCUT2D eigenvalue weighted by atomic mass is 35.5. The molecule has 3 nitrogen and oxygen atoms in total. The highest BCUT2D eigenvalue weighted by molar-refractivity contribution is 6.35. The summed E-state index contributed by atoms with van der Waals surface area (Å²) in [6.07, 6.45) is 1.91. The van der Waals surface area contributed by atoms with Gasteiger partial charge < -0.3 is 9.84 Å². The smallest absolute Gasteiger partial charge is 0.331 e. The van der Waals surface area contributed by atoms with Crippen LogP contribution < -0.4 is 4.74 Å². The number of carbonyl (C=O) groups is 1. The summed E-state index contributed by atoms with van der Waals surface area (Å²) in [6.45, 7) is 0. The van der Waals surface area contributed by atoms with Crippen molar-refractivity contribution in [2.75, 3.05) is 0 Å². The molecule has 0 bridgehead atoms. The average molecular weight is 233 g/mol. The topological polar surface area (TPSA) is 46.5 Å². The fourth-order valence-corrected chi connectivity index (χ4v) is 1.19. The fourth-order valence-electron chi connectivity index (χ4n) is 0.736. The lowest BCUT2D eigenvalue weighted by Gasteiger charge is -2.01. The molecule has 74 valence electrons. The van der Waals surface area contributed by atoms with Crippen LogP contribution in [0.25, 0.3) is 0 Å². The second-order valence-electron chi connectivity index (χ2n) is 2.33. The van der Waals surface area contributed by atoms with Crippen molar-refractivity contribution in [3.63, 3.8) is 0 Å². The van der Waals surface area contributed by atoms with Crippen molar-refractivity contribution in [1.82, 2.24) is 0 Å². The minimum absolute atomic E-state index is 0.326. The lowest BCUT2D eigenvalue weighted by Crippen LogP contribution is -1.89. The molecule has 0 aliphatic rings. The number of rotatable bonds is 3. The van der Waals surface area contributed by atoms with Gasteiger partial charge in [-0.1, -0.05) is 23.2 Å². The van der Waals surface area contributed by atoms with Gasteiger partial charge in [-0.2, -0.15) is 0 Å². The van der Waals surface area contributed by atoms with E-state index in [0.29, 0.717) is 15.8 Å². The number of carboxylic acids is 1. The maximum atomic E-state index is 10.1. The molecule has 0 spiro atoms. The minimum atomic E-state index is -1.09. The van der Waals surface area contributed by atoms with Gasteiger partial charge in [0.25, 0.3) is 0 Å². The van der Waals surface area contributed by atoms with Gasteiger partial charge in [0.05, 0.1) is 17.4 Å². The number of aliphatic carboxylic acids is 1. The maximum Gasteiger partial charge on any atom is 0.331 e. The number of ether oxygens (including phenoxy) is 1. The summed E-state index contributed by atoms with van der Waals surface area (Å²) in [5.74, 6) is -0.733. The third kappa shape index (κ3) is 3.28. The summed E-state index contributed by atoms with van der Waals surface area (Å²) in [5, 5.41) is 9.10. The van der Waals surface area contributed by atoms with Crippen LogP contribution in [0.3, 0.4) is 0 Å². The highest BCUT2D eigenvalue weighted by Crippen LogP contribution is 2.27. The van der Waals surface area contributed by atoms with E-state index in [0.717, 1.165) is 12.3 Å². The van der Waals surface area contributed by atoms with Crippen LogP contribution in [0, 0.1) is 0 Å². The van der Waals surface area contributed by atoms with Crippen LogP contribution in [0.1, 0.15) is 0 Å². The van der Waals surface area contributed by atoms with E-state index < -0.39 is 5.97 Å².